The van der Waals surface area contributed by atoms with Gasteiger partial charge in [-0.25, -0.2) is 0 Å². The monoisotopic (exact) mass is 254 g/mol. The minimum atomic E-state index is 0.0579. The third kappa shape index (κ3) is 4.25. The summed E-state index contributed by atoms with van der Waals surface area (Å²) in [6, 6.07) is 0. The first kappa shape index (κ1) is 13.8. The summed E-state index contributed by atoms with van der Waals surface area (Å²) in [7, 11) is 0. The number of carbonyl (C=O) groups is 1. The number of rotatable bonds is 4. The third-order valence-electron chi connectivity index (χ3n) is 4.27. The van der Waals surface area contributed by atoms with Crippen molar-refractivity contribution in [2.24, 2.45) is 11.8 Å². The van der Waals surface area contributed by atoms with Gasteiger partial charge in [-0.2, -0.15) is 0 Å². The summed E-state index contributed by atoms with van der Waals surface area (Å²) in [5.74, 6) is 1.57. The molecule has 0 bridgehead atoms. The molecule has 0 aromatic heterocycles. The first-order valence-corrected chi connectivity index (χ1v) is 7.34. The fourth-order valence-corrected chi connectivity index (χ4v) is 2.97. The van der Waals surface area contributed by atoms with E-state index in [-0.39, 0.29) is 12.0 Å². The van der Waals surface area contributed by atoms with Crippen LogP contribution in [0, 0.1) is 11.8 Å². The van der Waals surface area contributed by atoms with Gasteiger partial charge in [0.25, 0.3) is 0 Å². The maximum Gasteiger partial charge on any atom is 0.222 e. The van der Waals surface area contributed by atoms with Crippen LogP contribution in [0.25, 0.3) is 0 Å². The van der Waals surface area contributed by atoms with Gasteiger partial charge in [-0.15, -0.1) is 0 Å². The van der Waals surface area contributed by atoms with Crippen LogP contribution < -0.4 is 10.6 Å². The second kappa shape index (κ2) is 7.10. The molecule has 18 heavy (non-hydrogen) atoms. The molecule has 1 aliphatic carbocycles. The molecular formula is C14H26N2O2. The van der Waals surface area contributed by atoms with Gasteiger partial charge in [0, 0.05) is 19.6 Å². The Hall–Kier alpha value is -0.610. The minimum Gasteiger partial charge on any atom is -0.375 e. The lowest BCUT2D eigenvalue weighted by atomic mass is 9.80. The van der Waals surface area contributed by atoms with E-state index < -0.39 is 0 Å². The van der Waals surface area contributed by atoms with E-state index in [1.54, 1.807) is 0 Å². The van der Waals surface area contributed by atoms with Gasteiger partial charge in [-0.1, -0.05) is 26.2 Å². The minimum absolute atomic E-state index is 0.0579. The molecule has 4 nitrogen and oxygen atoms in total. The molecule has 1 aliphatic heterocycles. The van der Waals surface area contributed by atoms with E-state index in [1.165, 1.54) is 25.7 Å². The summed E-state index contributed by atoms with van der Waals surface area (Å²) in [4.78, 5) is 11.8. The molecule has 1 saturated carbocycles. The summed E-state index contributed by atoms with van der Waals surface area (Å²) in [6.45, 7) is 5.58. The average Bonchev–Trinajstić information content (AvgIpc) is 2.39. The molecule has 0 radical (unpaired) electrons. The number of hydrogen-bond donors (Lipinski definition) is 2. The molecule has 1 heterocycles. The summed E-state index contributed by atoms with van der Waals surface area (Å²) in [5.41, 5.74) is 0. The molecular weight excluding hydrogens is 228 g/mol. The number of nitrogens with one attached hydrogen (secondary N) is 2. The van der Waals surface area contributed by atoms with Crippen LogP contribution in [0.4, 0.5) is 0 Å². The molecule has 104 valence electrons. The molecule has 4 heteroatoms. The molecule has 2 rings (SSSR count). The van der Waals surface area contributed by atoms with Crippen molar-refractivity contribution < 1.29 is 9.53 Å². The van der Waals surface area contributed by atoms with Gasteiger partial charge in [0.05, 0.1) is 19.1 Å². The van der Waals surface area contributed by atoms with Crippen LogP contribution in [-0.2, 0) is 9.53 Å². The number of amides is 1. The number of carbonyl (C=O) groups excluding carboxylic acids is 1. The number of morpholine rings is 1. The van der Waals surface area contributed by atoms with Crippen molar-refractivity contribution in [2.75, 3.05) is 26.2 Å². The van der Waals surface area contributed by atoms with Crippen molar-refractivity contribution in [3.05, 3.63) is 0 Å². The lowest BCUT2D eigenvalue weighted by Crippen LogP contribution is -2.42. The Balaban J connectivity index is 1.64. The molecule has 1 saturated heterocycles. The summed E-state index contributed by atoms with van der Waals surface area (Å²) in [6.07, 6.45) is 5.81. The van der Waals surface area contributed by atoms with Crippen molar-refractivity contribution in [3.63, 3.8) is 0 Å². The van der Waals surface area contributed by atoms with Gasteiger partial charge >= 0.3 is 0 Å². The normalized spacial score (nSPS) is 33.1. The zero-order valence-electron chi connectivity index (χ0n) is 11.4. The van der Waals surface area contributed by atoms with Crippen LogP contribution in [-0.4, -0.2) is 38.3 Å². The lowest BCUT2D eigenvalue weighted by molar-refractivity contribution is -0.124. The second-order valence-electron chi connectivity index (χ2n) is 5.73. The predicted octanol–water partition coefficient (Wildman–Crippen LogP) is 1.31. The fourth-order valence-electron chi connectivity index (χ4n) is 2.97. The van der Waals surface area contributed by atoms with Gasteiger partial charge in [0.1, 0.15) is 0 Å². The first-order chi connectivity index (χ1) is 8.75. The number of ether oxygens (including phenoxy) is 1. The Bertz CT molecular complexity index is 265. The van der Waals surface area contributed by atoms with Gasteiger partial charge in [-0.05, 0) is 18.3 Å². The summed E-state index contributed by atoms with van der Waals surface area (Å²) < 4.78 is 5.54. The van der Waals surface area contributed by atoms with Crippen molar-refractivity contribution in [3.8, 4) is 0 Å². The lowest BCUT2D eigenvalue weighted by Gasteiger charge is -2.29. The second-order valence-corrected chi connectivity index (χ2v) is 5.73. The molecule has 2 N–H and O–H groups in total. The third-order valence-corrected chi connectivity index (χ3v) is 4.27. The van der Waals surface area contributed by atoms with Gasteiger partial charge in [0.15, 0.2) is 0 Å². The van der Waals surface area contributed by atoms with Crippen molar-refractivity contribution in [1.82, 2.24) is 10.6 Å². The fraction of sp³-hybridized carbons (Fsp3) is 0.929. The van der Waals surface area contributed by atoms with Crippen molar-refractivity contribution in [2.45, 2.75) is 45.1 Å². The maximum absolute atomic E-state index is 11.8. The standard InChI is InChI=1S/C14H26N2O2/c1-11-4-2-3-5-12(11)9-16-14(17)8-13-10-15-6-7-18-13/h11-13,15H,2-10H2,1H3,(H,16,17). The molecule has 0 spiro atoms. The van der Waals surface area contributed by atoms with E-state index in [2.05, 4.69) is 17.6 Å². The molecule has 2 aliphatic rings. The van der Waals surface area contributed by atoms with E-state index >= 15 is 0 Å². The zero-order chi connectivity index (χ0) is 12.8. The van der Waals surface area contributed by atoms with E-state index in [1.807, 2.05) is 0 Å². The molecule has 1 amide bonds. The predicted molar refractivity (Wildman–Crippen MR) is 71.4 cm³/mol. The van der Waals surface area contributed by atoms with Gasteiger partial charge in [0.2, 0.25) is 5.91 Å². The van der Waals surface area contributed by atoms with Crippen LogP contribution in [0.2, 0.25) is 0 Å². The highest BCUT2D eigenvalue weighted by Gasteiger charge is 2.22. The Labute approximate surface area is 110 Å². The van der Waals surface area contributed by atoms with Crippen LogP contribution in [0.1, 0.15) is 39.0 Å². The quantitative estimate of drug-likeness (QED) is 0.795. The van der Waals surface area contributed by atoms with Gasteiger partial charge < -0.3 is 15.4 Å². The molecule has 3 atom stereocenters. The smallest absolute Gasteiger partial charge is 0.222 e. The number of hydrogen-bond acceptors (Lipinski definition) is 3. The molecule has 0 aromatic carbocycles. The highest BCUT2D eigenvalue weighted by atomic mass is 16.5. The average molecular weight is 254 g/mol. The van der Waals surface area contributed by atoms with Crippen LogP contribution in [0.5, 0.6) is 0 Å². The van der Waals surface area contributed by atoms with Crippen LogP contribution in [0.15, 0.2) is 0 Å². The largest absolute Gasteiger partial charge is 0.375 e. The Morgan fingerprint density at radius 2 is 2.22 bits per heavy atom. The first-order valence-electron chi connectivity index (χ1n) is 7.34. The van der Waals surface area contributed by atoms with Crippen molar-refractivity contribution >= 4 is 5.91 Å². The molecule has 0 aromatic rings. The Kier molecular flexibility index (Phi) is 5.45. The topological polar surface area (TPSA) is 50.4 Å². The zero-order valence-corrected chi connectivity index (χ0v) is 11.4. The van der Waals surface area contributed by atoms with E-state index in [4.69, 9.17) is 4.74 Å². The van der Waals surface area contributed by atoms with E-state index in [0.717, 1.165) is 32.2 Å². The molecule has 3 unspecified atom stereocenters. The summed E-state index contributed by atoms with van der Waals surface area (Å²) in [5, 5.41) is 6.33. The van der Waals surface area contributed by atoms with Crippen LogP contribution in [0.3, 0.4) is 0 Å². The van der Waals surface area contributed by atoms with E-state index in [0.29, 0.717) is 12.3 Å². The van der Waals surface area contributed by atoms with Gasteiger partial charge in [-0.3, -0.25) is 4.79 Å². The van der Waals surface area contributed by atoms with E-state index in [9.17, 15) is 4.79 Å². The highest BCUT2D eigenvalue weighted by molar-refractivity contribution is 5.76. The summed E-state index contributed by atoms with van der Waals surface area (Å²) >= 11 is 0. The maximum atomic E-state index is 11.8. The Morgan fingerprint density at radius 3 is 2.94 bits per heavy atom. The highest BCUT2D eigenvalue weighted by Crippen LogP contribution is 2.28. The Morgan fingerprint density at radius 1 is 1.39 bits per heavy atom. The van der Waals surface area contributed by atoms with Crippen molar-refractivity contribution in [1.29, 1.82) is 0 Å². The molecule has 2 fully saturated rings. The van der Waals surface area contributed by atoms with Crippen LogP contribution >= 0.6 is 0 Å². The SMILES string of the molecule is CC1CCCCC1CNC(=O)CC1CNCCO1.